The molecule has 1 fully saturated rings. The zero-order valence-electron chi connectivity index (χ0n) is 7.81. The van der Waals surface area contributed by atoms with E-state index in [1.54, 1.807) is 0 Å². The Bertz CT molecular complexity index is 475. The number of hydrogen-bond acceptors (Lipinski definition) is 5. The molecule has 15 heavy (non-hydrogen) atoms. The first-order valence-electron chi connectivity index (χ1n) is 4.79. The van der Waals surface area contributed by atoms with Crippen LogP contribution in [0.2, 0.25) is 0 Å². The first-order valence-corrected chi connectivity index (χ1v) is 5.58. The Kier molecular flexibility index (Phi) is 2.09. The molecule has 0 radical (unpaired) electrons. The number of halogens is 1. The maximum absolute atomic E-state index is 5.24. The Morgan fingerprint density at radius 2 is 2.20 bits per heavy atom. The van der Waals surface area contributed by atoms with Gasteiger partial charge in [0.05, 0.1) is 0 Å². The van der Waals surface area contributed by atoms with Gasteiger partial charge in [-0.3, -0.25) is 0 Å². The van der Waals surface area contributed by atoms with Gasteiger partial charge in [-0.05, 0) is 12.8 Å². The summed E-state index contributed by atoms with van der Waals surface area (Å²) < 4.78 is 10.4. The van der Waals surface area contributed by atoms with Crippen LogP contribution < -0.4 is 0 Å². The molecule has 0 aromatic carbocycles. The molecule has 0 atom stereocenters. The normalized spacial score (nSPS) is 16.6. The average molecular weight is 270 g/mol. The second-order valence-electron chi connectivity index (χ2n) is 3.60. The van der Waals surface area contributed by atoms with Crippen LogP contribution in [0.3, 0.4) is 0 Å². The van der Waals surface area contributed by atoms with Crippen molar-refractivity contribution in [2.75, 3.05) is 0 Å². The van der Waals surface area contributed by atoms with E-state index in [-0.39, 0.29) is 0 Å². The van der Waals surface area contributed by atoms with Crippen LogP contribution in [0.4, 0.5) is 0 Å². The van der Waals surface area contributed by atoms with Gasteiger partial charge in [-0.25, -0.2) is 0 Å². The van der Waals surface area contributed by atoms with E-state index < -0.39 is 0 Å². The Balaban J connectivity index is 1.89. The maximum atomic E-state index is 5.24. The van der Waals surface area contributed by atoms with Crippen LogP contribution in [0.5, 0.6) is 0 Å². The van der Waals surface area contributed by atoms with Gasteiger partial charge in [0.1, 0.15) is 5.76 Å². The monoisotopic (exact) mass is 269 g/mol. The molecule has 78 valence electrons. The van der Waals surface area contributed by atoms with Crippen LogP contribution >= 0.6 is 15.9 Å². The molecule has 0 amide bonds. The van der Waals surface area contributed by atoms with E-state index in [0.29, 0.717) is 22.3 Å². The lowest BCUT2D eigenvalue weighted by Gasteiger charge is -2.21. The zero-order chi connectivity index (χ0) is 10.3. The molecule has 2 aromatic heterocycles. The molecule has 2 aromatic rings. The van der Waals surface area contributed by atoms with E-state index in [1.807, 2.05) is 6.07 Å². The SMILES string of the molecule is Brc1nnc(-c2cc(C3CCC3)on2)o1. The zero-order valence-corrected chi connectivity index (χ0v) is 9.40. The Labute approximate surface area is 94.0 Å². The summed E-state index contributed by atoms with van der Waals surface area (Å²) in [6.07, 6.45) is 3.64. The molecule has 1 aliphatic carbocycles. The van der Waals surface area contributed by atoms with Crippen LogP contribution in [-0.4, -0.2) is 15.4 Å². The van der Waals surface area contributed by atoms with E-state index in [1.165, 1.54) is 19.3 Å². The second-order valence-corrected chi connectivity index (χ2v) is 4.28. The molecule has 5 nitrogen and oxygen atoms in total. The van der Waals surface area contributed by atoms with Gasteiger partial charge >= 0.3 is 0 Å². The Morgan fingerprint density at radius 1 is 1.33 bits per heavy atom. The van der Waals surface area contributed by atoms with Gasteiger partial charge < -0.3 is 8.94 Å². The van der Waals surface area contributed by atoms with Crippen LogP contribution in [0.15, 0.2) is 19.8 Å². The lowest BCUT2D eigenvalue weighted by Crippen LogP contribution is -2.07. The van der Waals surface area contributed by atoms with Crippen LogP contribution in [0.25, 0.3) is 11.6 Å². The maximum Gasteiger partial charge on any atom is 0.285 e. The summed E-state index contributed by atoms with van der Waals surface area (Å²) in [5, 5.41) is 11.4. The molecular weight excluding hydrogens is 262 g/mol. The fourth-order valence-corrected chi connectivity index (χ4v) is 1.82. The molecule has 6 heteroatoms. The molecule has 1 aliphatic rings. The standard InChI is InChI=1S/C9H8BrN3O2/c10-9-12-11-8(14-9)6-4-7(15-13-6)5-2-1-3-5/h4-5H,1-3H2. The summed E-state index contributed by atoms with van der Waals surface area (Å²) in [6.45, 7) is 0. The largest absolute Gasteiger partial charge is 0.409 e. The highest BCUT2D eigenvalue weighted by atomic mass is 79.9. The lowest BCUT2D eigenvalue weighted by molar-refractivity contribution is 0.300. The minimum atomic E-state index is 0.352. The minimum Gasteiger partial charge on any atom is -0.409 e. The highest BCUT2D eigenvalue weighted by Crippen LogP contribution is 2.37. The molecule has 0 saturated heterocycles. The van der Waals surface area contributed by atoms with Gasteiger partial charge in [-0.2, -0.15) is 0 Å². The van der Waals surface area contributed by atoms with Gasteiger partial charge in [0.2, 0.25) is 0 Å². The highest BCUT2D eigenvalue weighted by molar-refractivity contribution is 9.10. The summed E-state index contributed by atoms with van der Waals surface area (Å²) in [4.78, 5) is 0.352. The molecule has 0 unspecified atom stereocenters. The molecular formula is C9H8BrN3O2. The number of nitrogens with zero attached hydrogens (tertiary/aromatic N) is 3. The smallest absolute Gasteiger partial charge is 0.285 e. The quantitative estimate of drug-likeness (QED) is 0.839. The second kappa shape index (κ2) is 3.44. The van der Waals surface area contributed by atoms with Crippen molar-refractivity contribution >= 4 is 15.9 Å². The predicted octanol–water partition coefficient (Wildman–Crippen LogP) is 2.75. The van der Waals surface area contributed by atoms with Gasteiger partial charge in [0.25, 0.3) is 10.7 Å². The Hall–Kier alpha value is -1.17. The molecule has 2 heterocycles. The molecule has 0 bridgehead atoms. The van der Waals surface area contributed by atoms with Crippen molar-refractivity contribution in [3.8, 4) is 11.6 Å². The van der Waals surface area contributed by atoms with Gasteiger partial charge in [-0.15, -0.1) is 10.2 Å². The summed E-state index contributed by atoms with van der Waals surface area (Å²) in [5.41, 5.74) is 0.607. The van der Waals surface area contributed by atoms with Gasteiger partial charge in [-0.1, -0.05) is 11.6 Å². The summed E-state index contributed by atoms with van der Waals surface area (Å²) >= 11 is 3.09. The van der Waals surface area contributed by atoms with Crippen molar-refractivity contribution in [3.05, 3.63) is 16.6 Å². The van der Waals surface area contributed by atoms with Crippen molar-refractivity contribution in [1.82, 2.24) is 15.4 Å². The third kappa shape index (κ3) is 1.58. The first-order chi connectivity index (χ1) is 7.33. The van der Waals surface area contributed by atoms with Crippen molar-refractivity contribution in [1.29, 1.82) is 0 Å². The number of aromatic nitrogens is 3. The topological polar surface area (TPSA) is 65.0 Å². The highest BCUT2D eigenvalue weighted by Gasteiger charge is 2.24. The van der Waals surface area contributed by atoms with Crippen molar-refractivity contribution in [3.63, 3.8) is 0 Å². The van der Waals surface area contributed by atoms with E-state index in [0.717, 1.165) is 5.76 Å². The van der Waals surface area contributed by atoms with Crippen LogP contribution in [0.1, 0.15) is 30.9 Å². The van der Waals surface area contributed by atoms with Gasteiger partial charge in [0.15, 0.2) is 5.69 Å². The predicted molar refractivity (Wildman–Crippen MR) is 54.1 cm³/mol. The summed E-state index contributed by atoms with van der Waals surface area (Å²) in [5.74, 6) is 1.83. The van der Waals surface area contributed by atoms with E-state index >= 15 is 0 Å². The third-order valence-corrected chi connectivity index (χ3v) is 2.98. The lowest BCUT2D eigenvalue weighted by atomic mass is 9.83. The fraction of sp³-hybridized carbons (Fsp3) is 0.444. The van der Waals surface area contributed by atoms with E-state index in [2.05, 4.69) is 31.3 Å². The number of rotatable bonds is 2. The number of hydrogen-bond donors (Lipinski definition) is 0. The van der Waals surface area contributed by atoms with Gasteiger partial charge in [0, 0.05) is 27.9 Å². The molecule has 1 saturated carbocycles. The van der Waals surface area contributed by atoms with E-state index in [9.17, 15) is 0 Å². The fourth-order valence-electron chi connectivity index (χ4n) is 1.58. The molecule has 0 spiro atoms. The summed E-state index contributed by atoms with van der Waals surface area (Å²) in [6, 6.07) is 1.88. The molecule has 0 N–H and O–H groups in total. The van der Waals surface area contributed by atoms with Crippen molar-refractivity contribution in [2.45, 2.75) is 25.2 Å². The van der Waals surface area contributed by atoms with Crippen LogP contribution in [0, 0.1) is 0 Å². The average Bonchev–Trinajstić information content (AvgIpc) is 2.70. The molecule has 0 aliphatic heterocycles. The minimum absolute atomic E-state index is 0.352. The van der Waals surface area contributed by atoms with E-state index in [4.69, 9.17) is 8.94 Å². The summed E-state index contributed by atoms with van der Waals surface area (Å²) in [7, 11) is 0. The molecule has 3 rings (SSSR count). The van der Waals surface area contributed by atoms with Crippen LogP contribution in [-0.2, 0) is 0 Å². The van der Waals surface area contributed by atoms with Crippen molar-refractivity contribution < 1.29 is 8.94 Å². The Morgan fingerprint density at radius 3 is 2.80 bits per heavy atom. The first kappa shape index (κ1) is 9.08. The third-order valence-electron chi connectivity index (χ3n) is 2.66. The van der Waals surface area contributed by atoms with Crippen molar-refractivity contribution in [2.24, 2.45) is 0 Å².